The van der Waals surface area contributed by atoms with Crippen LogP contribution in [-0.2, 0) is 0 Å². The number of aromatic nitrogens is 2. The molecular weight excluding hydrogens is 258 g/mol. The highest BCUT2D eigenvalue weighted by atomic mass is 15.4. The van der Waals surface area contributed by atoms with Gasteiger partial charge in [0.1, 0.15) is 5.82 Å². The Morgan fingerprint density at radius 1 is 1.10 bits per heavy atom. The minimum absolute atomic E-state index is 0.386. The number of hydrogen-bond acceptors (Lipinski definition) is 2. The van der Waals surface area contributed by atoms with E-state index in [0.717, 1.165) is 13.0 Å². The Morgan fingerprint density at radius 2 is 1.86 bits per heavy atom. The molecular formula is C18H23N3. The molecule has 4 rings (SSSR count). The van der Waals surface area contributed by atoms with Crippen LogP contribution in [-0.4, -0.2) is 16.3 Å². The van der Waals surface area contributed by atoms with E-state index in [1.165, 1.54) is 48.3 Å². The highest BCUT2D eigenvalue weighted by molar-refractivity contribution is 5.42. The Labute approximate surface area is 126 Å². The molecule has 21 heavy (non-hydrogen) atoms. The summed E-state index contributed by atoms with van der Waals surface area (Å²) in [6, 6.07) is 11.6. The lowest BCUT2D eigenvalue weighted by Crippen LogP contribution is -2.24. The van der Waals surface area contributed by atoms with Gasteiger partial charge < -0.3 is 5.32 Å². The van der Waals surface area contributed by atoms with Crippen molar-refractivity contribution in [3.05, 3.63) is 47.2 Å². The molecule has 2 aliphatic rings. The van der Waals surface area contributed by atoms with Crippen molar-refractivity contribution in [1.29, 1.82) is 0 Å². The molecule has 1 N–H and O–H groups in total. The third kappa shape index (κ3) is 2.35. The normalized spacial score (nSPS) is 22.0. The van der Waals surface area contributed by atoms with E-state index in [4.69, 9.17) is 5.10 Å². The molecule has 0 amide bonds. The molecule has 3 heteroatoms. The first kappa shape index (κ1) is 12.9. The van der Waals surface area contributed by atoms with Crippen molar-refractivity contribution in [2.45, 2.75) is 51.0 Å². The fraction of sp³-hybridized carbons (Fsp3) is 0.500. The fourth-order valence-corrected chi connectivity index (χ4v) is 3.76. The van der Waals surface area contributed by atoms with Crippen molar-refractivity contribution in [2.75, 3.05) is 11.9 Å². The number of anilines is 1. The highest BCUT2D eigenvalue weighted by Crippen LogP contribution is 2.37. The van der Waals surface area contributed by atoms with Crippen LogP contribution < -0.4 is 5.32 Å². The summed E-state index contributed by atoms with van der Waals surface area (Å²) in [7, 11) is 0. The average molecular weight is 281 g/mol. The van der Waals surface area contributed by atoms with E-state index in [9.17, 15) is 0 Å². The quantitative estimate of drug-likeness (QED) is 0.891. The van der Waals surface area contributed by atoms with Gasteiger partial charge in [-0.1, -0.05) is 42.7 Å². The van der Waals surface area contributed by atoms with Crippen molar-refractivity contribution < 1.29 is 0 Å². The lowest BCUT2D eigenvalue weighted by molar-refractivity contribution is 0.473. The van der Waals surface area contributed by atoms with Crippen LogP contribution in [0.25, 0.3) is 0 Å². The molecule has 1 aromatic carbocycles. The summed E-state index contributed by atoms with van der Waals surface area (Å²) in [5, 5.41) is 8.49. The largest absolute Gasteiger partial charge is 0.370 e. The van der Waals surface area contributed by atoms with E-state index in [1.807, 2.05) is 0 Å². The molecule has 2 aromatic rings. The van der Waals surface area contributed by atoms with Crippen molar-refractivity contribution in [1.82, 2.24) is 9.78 Å². The topological polar surface area (TPSA) is 29.9 Å². The Balaban J connectivity index is 1.68. The van der Waals surface area contributed by atoms with Crippen molar-refractivity contribution in [2.24, 2.45) is 0 Å². The Morgan fingerprint density at radius 3 is 2.62 bits per heavy atom. The molecule has 1 aromatic heterocycles. The summed E-state index contributed by atoms with van der Waals surface area (Å²) < 4.78 is 2.22. The van der Waals surface area contributed by atoms with Gasteiger partial charge >= 0.3 is 0 Å². The van der Waals surface area contributed by atoms with Crippen LogP contribution in [0.1, 0.15) is 60.9 Å². The maximum Gasteiger partial charge on any atom is 0.125 e. The molecule has 1 fully saturated rings. The maximum atomic E-state index is 4.97. The summed E-state index contributed by atoms with van der Waals surface area (Å²) >= 11 is 0. The summed E-state index contributed by atoms with van der Waals surface area (Å²) in [5.74, 6) is 1.89. The van der Waals surface area contributed by atoms with Crippen LogP contribution in [0.5, 0.6) is 0 Å². The third-order valence-electron chi connectivity index (χ3n) is 5.01. The zero-order valence-electron chi connectivity index (χ0n) is 12.7. The minimum atomic E-state index is 0.386. The first-order valence-electron chi connectivity index (χ1n) is 8.21. The van der Waals surface area contributed by atoms with Gasteiger partial charge in [0.25, 0.3) is 0 Å². The van der Waals surface area contributed by atoms with Crippen LogP contribution in [0.2, 0.25) is 0 Å². The smallest absolute Gasteiger partial charge is 0.125 e. The average Bonchev–Trinajstić information content (AvgIpc) is 3.16. The van der Waals surface area contributed by atoms with Gasteiger partial charge in [-0.05, 0) is 31.7 Å². The number of fused-ring (bicyclic) bond motifs is 1. The summed E-state index contributed by atoms with van der Waals surface area (Å²) in [6.07, 6.45) is 6.46. The molecule has 1 unspecified atom stereocenters. The molecule has 0 bridgehead atoms. The fourth-order valence-electron chi connectivity index (χ4n) is 3.76. The summed E-state index contributed by atoms with van der Waals surface area (Å²) in [6.45, 7) is 3.18. The van der Waals surface area contributed by atoms with Crippen molar-refractivity contribution >= 4 is 5.82 Å². The lowest BCUT2D eigenvalue weighted by atomic mass is 10.0. The van der Waals surface area contributed by atoms with E-state index in [1.54, 1.807) is 0 Å². The number of nitrogens with zero attached hydrogens (tertiary/aromatic N) is 2. The van der Waals surface area contributed by atoms with Gasteiger partial charge in [0.2, 0.25) is 0 Å². The van der Waals surface area contributed by atoms with E-state index in [-0.39, 0.29) is 0 Å². The highest BCUT2D eigenvalue weighted by Gasteiger charge is 2.26. The van der Waals surface area contributed by atoms with Gasteiger partial charge in [0, 0.05) is 18.5 Å². The predicted octanol–water partition coefficient (Wildman–Crippen LogP) is 4.25. The number of benzene rings is 1. The molecule has 0 radical (unpaired) electrons. The van der Waals surface area contributed by atoms with Crippen LogP contribution >= 0.6 is 0 Å². The van der Waals surface area contributed by atoms with Gasteiger partial charge in [0.05, 0.1) is 11.7 Å². The van der Waals surface area contributed by atoms with Gasteiger partial charge in [0.15, 0.2) is 0 Å². The molecule has 0 spiro atoms. The summed E-state index contributed by atoms with van der Waals surface area (Å²) in [4.78, 5) is 0. The van der Waals surface area contributed by atoms with E-state index < -0.39 is 0 Å². The Kier molecular flexibility index (Phi) is 3.21. The summed E-state index contributed by atoms with van der Waals surface area (Å²) in [5.41, 5.74) is 4.00. The molecule has 3 nitrogen and oxygen atoms in total. The number of rotatable bonds is 2. The molecule has 1 aliphatic heterocycles. The van der Waals surface area contributed by atoms with Crippen molar-refractivity contribution in [3.8, 4) is 0 Å². The van der Waals surface area contributed by atoms with Crippen LogP contribution in [0.15, 0.2) is 30.3 Å². The Hall–Kier alpha value is -1.77. The molecule has 1 aliphatic carbocycles. The second-order valence-corrected chi connectivity index (χ2v) is 6.52. The van der Waals surface area contributed by atoms with Gasteiger partial charge in [-0.3, -0.25) is 0 Å². The molecule has 1 atom stereocenters. The van der Waals surface area contributed by atoms with Gasteiger partial charge in [-0.2, -0.15) is 5.10 Å². The van der Waals surface area contributed by atoms with E-state index >= 15 is 0 Å². The standard InChI is InChI=1S/C18H23N3/c1-13-6-8-15(9-7-13)17-10-11-19-18-12-16(20-21(17)18)14-4-2-3-5-14/h6-9,12,14,17,19H,2-5,10-11H2,1H3. The zero-order valence-corrected chi connectivity index (χ0v) is 12.7. The lowest BCUT2D eigenvalue weighted by Gasteiger charge is -2.26. The molecule has 1 saturated carbocycles. The second kappa shape index (κ2) is 5.21. The molecule has 0 saturated heterocycles. The number of nitrogens with one attached hydrogen (secondary N) is 1. The predicted molar refractivity (Wildman–Crippen MR) is 85.9 cm³/mol. The molecule has 2 heterocycles. The maximum absolute atomic E-state index is 4.97. The first-order valence-corrected chi connectivity index (χ1v) is 8.21. The van der Waals surface area contributed by atoms with Gasteiger partial charge in [-0.25, -0.2) is 4.68 Å². The van der Waals surface area contributed by atoms with Crippen LogP contribution in [0.3, 0.4) is 0 Å². The number of aryl methyl sites for hydroxylation is 1. The third-order valence-corrected chi connectivity index (χ3v) is 5.01. The van der Waals surface area contributed by atoms with Crippen LogP contribution in [0, 0.1) is 6.92 Å². The minimum Gasteiger partial charge on any atom is -0.370 e. The zero-order chi connectivity index (χ0) is 14.2. The van der Waals surface area contributed by atoms with Crippen molar-refractivity contribution in [3.63, 3.8) is 0 Å². The Bertz CT molecular complexity index is 620. The van der Waals surface area contributed by atoms with Gasteiger partial charge in [-0.15, -0.1) is 0 Å². The monoisotopic (exact) mass is 281 g/mol. The number of hydrogen-bond donors (Lipinski definition) is 1. The van der Waals surface area contributed by atoms with E-state index in [0.29, 0.717) is 12.0 Å². The molecule has 110 valence electrons. The first-order chi connectivity index (χ1) is 10.3. The van der Waals surface area contributed by atoms with Crippen LogP contribution in [0.4, 0.5) is 5.82 Å². The SMILES string of the molecule is Cc1ccc(C2CCNc3cc(C4CCCC4)nn32)cc1. The second-order valence-electron chi connectivity index (χ2n) is 6.52. The van der Waals surface area contributed by atoms with E-state index in [2.05, 4.69) is 47.3 Å².